The number of thioether (sulfide) groups is 1. The summed E-state index contributed by atoms with van der Waals surface area (Å²) < 4.78 is 5.18. The van der Waals surface area contributed by atoms with Gasteiger partial charge < -0.3 is 10.2 Å². The predicted octanol–water partition coefficient (Wildman–Crippen LogP) is 1.51. The zero-order valence-electron chi connectivity index (χ0n) is 10.2. The van der Waals surface area contributed by atoms with Gasteiger partial charge in [0, 0.05) is 12.0 Å². The van der Waals surface area contributed by atoms with Gasteiger partial charge in [0.25, 0.3) is 0 Å². The quantitative estimate of drug-likeness (QED) is 0.471. The first kappa shape index (κ1) is 12.6. The minimum atomic E-state index is 0.517. The molecule has 1 aromatic rings. The van der Waals surface area contributed by atoms with Crippen LogP contribution in [0.2, 0.25) is 0 Å². The van der Waals surface area contributed by atoms with Crippen molar-refractivity contribution in [1.29, 1.82) is 0 Å². The summed E-state index contributed by atoms with van der Waals surface area (Å²) in [5.41, 5.74) is 3.67. The first-order valence-corrected chi connectivity index (χ1v) is 6.71. The first-order valence-electron chi connectivity index (χ1n) is 5.83. The van der Waals surface area contributed by atoms with Gasteiger partial charge in [0.05, 0.1) is 18.5 Å². The second-order valence-electron chi connectivity index (χ2n) is 4.09. The molecule has 0 amide bonds. The Kier molecular flexibility index (Phi) is 4.20. The summed E-state index contributed by atoms with van der Waals surface area (Å²) >= 11 is 1.75. The molecule has 1 aliphatic heterocycles. The molecule has 0 aliphatic carbocycles. The number of ether oxygens (including phenoxy) is 1. The number of hydrogen-bond donors (Lipinski definition) is 2. The van der Waals surface area contributed by atoms with Crippen LogP contribution >= 0.6 is 11.8 Å². The highest BCUT2D eigenvalue weighted by Crippen LogP contribution is 2.31. The van der Waals surface area contributed by atoms with Crippen molar-refractivity contribution in [2.24, 2.45) is 5.84 Å². The molecule has 3 N–H and O–H groups in total. The number of anilines is 1. The van der Waals surface area contributed by atoms with Crippen molar-refractivity contribution < 1.29 is 4.74 Å². The van der Waals surface area contributed by atoms with E-state index in [0.717, 1.165) is 48.3 Å². The van der Waals surface area contributed by atoms with Crippen molar-refractivity contribution in [2.75, 3.05) is 18.6 Å². The fourth-order valence-electron chi connectivity index (χ4n) is 1.57. The van der Waals surface area contributed by atoms with Gasteiger partial charge >= 0.3 is 0 Å². The molecule has 0 unspecified atom stereocenters. The molecular weight excluding hydrogens is 236 g/mol. The molecule has 94 valence electrons. The van der Waals surface area contributed by atoms with Gasteiger partial charge in [0.15, 0.2) is 0 Å². The van der Waals surface area contributed by atoms with Gasteiger partial charge in [-0.3, -0.25) is 0 Å². The molecule has 0 saturated carbocycles. The number of aromatic nitrogens is 2. The fourth-order valence-corrected chi connectivity index (χ4v) is 2.65. The number of nitrogens with two attached hydrogens (primary N) is 1. The SMILES string of the molecule is CCCc1nc(NN)c(C)c(SC2COC2)n1. The molecule has 0 aromatic carbocycles. The summed E-state index contributed by atoms with van der Waals surface area (Å²) in [6, 6.07) is 0. The fraction of sp³-hybridized carbons (Fsp3) is 0.636. The zero-order valence-corrected chi connectivity index (χ0v) is 11.0. The van der Waals surface area contributed by atoms with Crippen LogP contribution in [0.15, 0.2) is 5.03 Å². The summed E-state index contributed by atoms with van der Waals surface area (Å²) in [7, 11) is 0. The lowest BCUT2D eigenvalue weighted by Gasteiger charge is -2.25. The summed E-state index contributed by atoms with van der Waals surface area (Å²) in [6.45, 7) is 5.73. The van der Waals surface area contributed by atoms with E-state index < -0.39 is 0 Å². The second kappa shape index (κ2) is 5.66. The van der Waals surface area contributed by atoms with Crippen molar-refractivity contribution in [2.45, 2.75) is 37.0 Å². The van der Waals surface area contributed by atoms with E-state index in [1.54, 1.807) is 11.8 Å². The highest BCUT2D eigenvalue weighted by atomic mass is 32.2. The molecule has 6 heteroatoms. The van der Waals surface area contributed by atoms with Gasteiger partial charge in [-0.05, 0) is 13.3 Å². The van der Waals surface area contributed by atoms with Crippen LogP contribution in [0.4, 0.5) is 5.82 Å². The van der Waals surface area contributed by atoms with Crippen LogP contribution in [0.1, 0.15) is 24.7 Å². The van der Waals surface area contributed by atoms with E-state index in [1.807, 2.05) is 6.92 Å². The van der Waals surface area contributed by atoms with Gasteiger partial charge in [-0.25, -0.2) is 15.8 Å². The van der Waals surface area contributed by atoms with Crippen LogP contribution in [-0.4, -0.2) is 28.4 Å². The molecule has 1 saturated heterocycles. The lowest BCUT2D eigenvalue weighted by atomic mass is 10.3. The minimum absolute atomic E-state index is 0.517. The predicted molar refractivity (Wildman–Crippen MR) is 69.0 cm³/mol. The average molecular weight is 254 g/mol. The molecule has 1 aromatic heterocycles. The van der Waals surface area contributed by atoms with Crippen LogP contribution in [0, 0.1) is 6.92 Å². The number of nitrogens with one attached hydrogen (secondary N) is 1. The van der Waals surface area contributed by atoms with E-state index in [1.165, 1.54) is 0 Å². The maximum Gasteiger partial charge on any atom is 0.147 e. The number of aryl methyl sites for hydroxylation is 1. The number of hydrogen-bond acceptors (Lipinski definition) is 6. The van der Waals surface area contributed by atoms with E-state index in [9.17, 15) is 0 Å². The van der Waals surface area contributed by atoms with Crippen molar-refractivity contribution in [3.63, 3.8) is 0 Å². The third kappa shape index (κ3) is 2.88. The van der Waals surface area contributed by atoms with Crippen molar-refractivity contribution >= 4 is 17.6 Å². The van der Waals surface area contributed by atoms with Gasteiger partial charge in [-0.15, -0.1) is 0 Å². The van der Waals surface area contributed by atoms with Crippen LogP contribution in [0.3, 0.4) is 0 Å². The first-order chi connectivity index (χ1) is 8.24. The third-order valence-corrected chi connectivity index (χ3v) is 3.87. The Morgan fingerprint density at radius 2 is 2.24 bits per heavy atom. The Morgan fingerprint density at radius 3 is 2.76 bits per heavy atom. The Bertz CT molecular complexity index is 395. The van der Waals surface area contributed by atoms with Crippen LogP contribution < -0.4 is 11.3 Å². The van der Waals surface area contributed by atoms with Gasteiger partial charge in [-0.1, -0.05) is 18.7 Å². The molecule has 17 heavy (non-hydrogen) atoms. The molecule has 2 heterocycles. The average Bonchev–Trinajstić information content (AvgIpc) is 2.27. The van der Waals surface area contributed by atoms with E-state index in [4.69, 9.17) is 10.6 Å². The van der Waals surface area contributed by atoms with Crippen molar-refractivity contribution in [3.8, 4) is 0 Å². The lowest BCUT2D eigenvalue weighted by molar-refractivity contribution is 0.0454. The Morgan fingerprint density at radius 1 is 1.47 bits per heavy atom. The van der Waals surface area contributed by atoms with Crippen molar-refractivity contribution in [3.05, 3.63) is 11.4 Å². The summed E-state index contributed by atoms with van der Waals surface area (Å²) in [4.78, 5) is 8.99. The number of nitrogens with zero attached hydrogens (tertiary/aromatic N) is 2. The zero-order chi connectivity index (χ0) is 12.3. The van der Waals surface area contributed by atoms with E-state index >= 15 is 0 Å². The molecule has 2 rings (SSSR count). The summed E-state index contributed by atoms with van der Waals surface area (Å²) in [6.07, 6.45) is 1.91. The largest absolute Gasteiger partial charge is 0.379 e. The number of hydrazine groups is 1. The smallest absolute Gasteiger partial charge is 0.147 e. The molecule has 0 spiro atoms. The Labute approximate surface area is 106 Å². The van der Waals surface area contributed by atoms with Gasteiger partial charge in [0.1, 0.15) is 16.7 Å². The maximum atomic E-state index is 5.49. The maximum absolute atomic E-state index is 5.49. The number of nitrogen functional groups attached to an aromatic ring is 1. The van der Waals surface area contributed by atoms with Crippen LogP contribution in [0.5, 0.6) is 0 Å². The molecule has 0 atom stereocenters. The Hall–Kier alpha value is -0.850. The molecule has 0 bridgehead atoms. The lowest BCUT2D eigenvalue weighted by Crippen LogP contribution is -2.30. The molecule has 1 aliphatic rings. The molecule has 5 nitrogen and oxygen atoms in total. The minimum Gasteiger partial charge on any atom is -0.379 e. The summed E-state index contributed by atoms with van der Waals surface area (Å²) in [5.74, 6) is 7.07. The third-order valence-electron chi connectivity index (χ3n) is 2.64. The van der Waals surface area contributed by atoms with Crippen LogP contribution in [-0.2, 0) is 11.2 Å². The standard InChI is InChI=1S/C11H18N4OS/c1-3-4-9-13-10(15-12)7(2)11(14-9)17-8-5-16-6-8/h8H,3-6,12H2,1-2H3,(H,13,14,15). The van der Waals surface area contributed by atoms with Gasteiger partial charge in [0.2, 0.25) is 0 Å². The molecule has 1 fully saturated rings. The highest BCUT2D eigenvalue weighted by molar-refractivity contribution is 8.00. The highest BCUT2D eigenvalue weighted by Gasteiger charge is 2.22. The van der Waals surface area contributed by atoms with Crippen LogP contribution in [0.25, 0.3) is 0 Å². The molecular formula is C11H18N4OS. The summed E-state index contributed by atoms with van der Waals surface area (Å²) in [5, 5.41) is 1.54. The van der Waals surface area contributed by atoms with E-state index in [2.05, 4.69) is 22.3 Å². The van der Waals surface area contributed by atoms with Gasteiger partial charge in [-0.2, -0.15) is 0 Å². The Balaban J connectivity index is 2.23. The topological polar surface area (TPSA) is 73.1 Å². The monoisotopic (exact) mass is 254 g/mol. The second-order valence-corrected chi connectivity index (χ2v) is 5.38. The van der Waals surface area contributed by atoms with Crippen molar-refractivity contribution in [1.82, 2.24) is 9.97 Å². The van der Waals surface area contributed by atoms with E-state index in [-0.39, 0.29) is 0 Å². The van der Waals surface area contributed by atoms with E-state index in [0.29, 0.717) is 5.25 Å². The number of rotatable bonds is 5. The molecule has 0 radical (unpaired) electrons. The normalized spacial score (nSPS) is 15.7.